The second-order valence-corrected chi connectivity index (χ2v) is 11.5. The SMILES string of the molecule is Cc1noc(C)c1S(=O)(=O)N(C)C[C@H]1Oc2ccc(N(C)C)cc2CC(=O)N([C@@H](C)CO)C[C@H]1C. The number of ether oxygens (including phenoxy) is 1. The number of likely N-dealkylation sites (N-methyl/N-ethyl adjacent to an activating group) is 1. The third-order valence-electron chi connectivity index (χ3n) is 6.49. The number of amides is 1. The molecule has 0 aliphatic carbocycles. The molecule has 11 heteroatoms. The van der Waals surface area contributed by atoms with Crippen LogP contribution in [0.2, 0.25) is 0 Å². The Hall–Kier alpha value is -2.63. The molecule has 1 aliphatic heterocycles. The Labute approximate surface area is 207 Å². The second kappa shape index (κ2) is 10.5. The summed E-state index contributed by atoms with van der Waals surface area (Å²) in [6.45, 7) is 7.08. The summed E-state index contributed by atoms with van der Waals surface area (Å²) >= 11 is 0. The van der Waals surface area contributed by atoms with E-state index in [1.807, 2.05) is 44.1 Å². The summed E-state index contributed by atoms with van der Waals surface area (Å²) in [5, 5.41) is 13.6. The summed E-state index contributed by atoms with van der Waals surface area (Å²) in [7, 11) is 1.45. The number of rotatable bonds is 7. The topological polar surface area (TPSA) is 116 Å². The molecule has 194 valence electrons. The van der Waals surface area contributed by atoms with Gasteiger partial charge in [0.05, 0.1) is 25.6 Å². The molecule has 1 aliphatic rings. The standard InChI is InChI=1S/C24H36N4O6S/c1-15-12-28(16(2)14-29)23(30)11-19-10-20(26(5)6)8-9-21(19)33-22(15)13-27(7)35(31,32)24-17(3)25-34-18(24)4/h8-10,15-16,22,29H,11-14H2,1-7H3/t15-,16+,22-/m1/s1. The summed E-state index contributed by atoms with van der Waals surface area (Å²) in [4.78, 5) is 16.9. The molecule has 3 rings (SSSR count). The third-order valence-corrected chi connectivity index (χ3v) is 8.56. The van der Waals surface area contributed by atoms with Gasteiger partial charge in [-0.2, -0.15) is 4.31 Å². The molecular formula is C24H36N4O6S. The Balaban J connectivity index is 2.00. The number of carbonyl (C=O) groups excluding carboxylic acids is 1. The molecule has 0 fully saturated rings. The lowest BCUT2D eigenvalue weighted by Crippen LogP contribution is -2.48. The van der Waals surface area contributed by atoms with E-state index in [0.29, 0.717) is 23.6 Å². The van der Waals surface area contributed by atoms with Crippen LogP contribution in [0.4, 0.5) is 5.69 Å². The Morgan fingerprint density at radius 2 is 1.94 bits per heavy atom. The number of anilines is 1. The maximum atomic E-state index is 13.3. The molecule has 2 aromatic rings. The molecule has 1 aromatic heterocycles. The molecule has 10 nitrogen and oxygen atoms in total. The lowest BCUT2D eigenvalue weighted by atomic mass is 10.0. The van der Waals surface area contributed by atoms with Gasteiger partial charge in [-0.1, -0.05) is 12.1 Å². The van der Waals surface area contributed by atoms with Crippen LogP contribution in [0.3, 0.4) is 0 Å². The van der Waals surface area contributed by atoms with Crippen molar-refractivity contribution in [1.29, 1.82) is 0 Å². The number of aryl methyl sites for hydroxylation is 2. The van der Waals surface area contributed by atoms with Gasteiger partial charge in [-0.25, -0.2) is 8.42 Å². The minimum atomic E-state index is -3.88. The van der Waals surface area contributed by atoms with E-state index >= 15 is 0 Å². The number of benzene rings is 1. The maximum Gasteiger partial charge on any atom is 0.248 e. The zero-order valence-corrected chi connectivity index (χ0v) is 22.3. The number of aliphatic hydroxyl groups is 1. The monoisotopic (exact) mass is 508 g/mol. The zero-order valence-electron chi connectivity index (χ0n) is 21.5. The highest BCUT2D eigenvalue weighted by Crippen LogP contribution is 2.31. The van der Waals surface area contributed by atoms with E-state index in [1.165, 1.54) is 11.4 Å². The van der Waals surface area contributed by atoms with Gasteiger partial charge in [-0.05, 0) is 39.0 Å². The highest BCUT2D eigenvalue weighted by atomic mass is 32.2. The fourth-order valence-corrected chi connectivity index (χ4v) is 5.73. The fraction of sp³-hybridized carbons (Fsp3) is 0.583. The fourth-order valence-electron chi connectivity index (χ4n) is 4.26. The first kappa shape index (κ1) is 27.0. The van der Waals surface area contributed by atoms with E-state index in [-0.39, 0.29) is 48.1 Å². The van der Waals surface area contributed by atoms with Crippen LogP contribution in [0, 0.1) is 19.8 Å². The minimum Gasteiger partial charge on any atom is -0.488 e. The molecule has 1 N–H and O–H groups in total. The van der Waals surface area contributed by atoms with Gasteiger partial charge in [0.1, 0.15) is 22.4 Å². The van der Waals surface area contributed by atoms with Gasteiger partial charge in [-0.3, -0.25) is 4.79 Å². The van der Waals surface area contributed by atoms with Crippen LogP contribution in [-0.2, 0) is 21.2 Å². The van der Waals surface area contributed by atoms with Crippen molar-refractivity contribution in [1.82, 2.24) is 14.4 Å². The van der Waals surface area contributed by atoms with Crippen LogP contribution in [-0.4, -0.2) is 86.8 Å². The number of aromatic nitrogens is 1. The van der Waals surface area contributed by atoms with E-state index < -0.39 is 16.1 Å². The van der Waals surface area contributed by atoms with Crippen molar-refractivity contribution in [2.45, 2.75) is 51.2 Å². The van der Waals surface area contributed by atoms with Crippen molar-refractivity contribution in [2.24, 2.45) is 5.92 Å². The lowest BCUT2D eigenvalue weighted by molar-refractivity contribution is -0.134. The van der Waals surface area contributed by atoms with Gasteiger partial charge in [0.25, 0.3) is 0 Å². The lowest BCUT2D eigenvalue weighted by Gasteiger charge is -2.33. The largest absolute Gasteiger partial charge is 0.488 e. The summed E-state index contributed by atoms with van der Waals surface area (Å²) in [5.74, 6) is 0.432. The van der Waals surface area contributed by atoms with Gasteiger partial charge in [0.2, 0.25) is 15.9 Å². The predicted octanol–water partition coefficient (Wildman–Crippen LogP) is 1.83. The normalized spacial score (nSPS) is 20.0. The van der Waals surface area contributed by atoms with Crippen LogP contribution in [0.1, 0.15) is 30.9 Å². The summed E-state index contributed by atoms with van der Waals surface area (Å²) in [6.07, 6.45) is -0.438. The Kier molecular flexibility index (Phi) is 8.13. The number of fused-ring (bicyclic) bond motifs is 1. The highest BCUT2D eigenvalue weighted by molar-refractivity contribution is 7.89. The van der Waals surface area contributed by atoms with Gasteiger partial charge >= 0.3 is 0 Å². The molecule has 35 heavy (non-hydrogen) atoms. The van der Waals surface area contributed by atoms with E-state index in [1.54, 1.807) is 25.7 Å². The first-order valence-corrected chi connectivity index (χ1v) is 13.1. The number of carbonyl (C=O) groups is 1. The van der Waals surface area contributed by atoms with Crippen LogP contribution in [0.25, 0.3) is 0 Å². The third kappa shape index (κ3) is 5.62. The Bertz CT molecular complexity index is 1140. The molecule has 1 amide bonds. The van der Waals surface area contributed by atoms with E-state index in [0.717, 1.165) is 5.69 Å². The highest BCUT2D eigenvalue weighted by Gasteiger charge is 2.35. The smallest absolute Gasteiger partial charge is 0.248 e. The van der Waals surface area contributed by atoms with Crippen molar-refractivity contribution in [3.63, 3.8) is 0 Å². The van der Waals surface area contributed by atoms with Gasteiger partial charge < -0.3 is 24.2 Å². The van der Waals surface area contributed by atoms with Gasteiger partial charge in [0.15, 0.2) is 5.76 Å². The van der Waals surface area contributed by atoms with Crippen LogP contribution in [0.5, 0.6) is 5.75 Å². The van der Waals surface area contributed by atoms with Crippen molar-refractivity contribution < 1.29 is 27.6 Å². The molecule has 2 heterocycles. The minimum absolute atomic E-state index is 0.0532. The Morgan fingerprint density at radius 1 is 1.26 bits per heavy atom. The van der Waals surface area contributed by atoms with Crippen molar-refractivity contribution in [2.75, 3.05) is 45.7 Å². The number of hydrogen-bond donors (Lipinski definition) is 1. The molecular weight excluding hydrogens is 472 g/mol. The van der Waals surface area contributed by atoms with Crippen molar-refractivity contribution in [3.05, 3.63) is 35.2 Å². The first-order chi connectivity index (χ1) is 16.4. The average Bonchev–Trinajstić information content (AvgIpc) is 3.16. The number of aliphatic hydroxyl groups excluding tert-OH is 1. The molecule has 0 saturated heterocycles. The first-order valence-electron chi connectivity index (χ1n) is 11.6. The Morgan fingerprint density at radius 3 is 2.51 bits per heavy atom. The van der Waals surface area contributed by atoms with Crippen LogP contribution in [0.15, 0.2) is 27.6 Å². The quantitative estimate of drug-likeness (QED) is 0.602. The van der Waals surface area contributed by atoms with Gasteiger partial charge in [-0.15, -0.1) is 0 Å². The second-order valence-electron chi connectivity index (χ2n) is 9.51. The molecule has 0 unspecified atom stereocenters. The maximum absolute atomic E-state index is 13.3. The zero-order chi connectivity index (χ0) is 26.1. The number of nitrogens with zero attached hydrogens (tertiary/aromatic N) is 4. The van der Waals surface area contributed by atoms with Crippen molar-refractivity contribution in [3.8, 4) is 5.75 Å². The molecule has 0 bridgehead atoms. The summed E-state index contributed by atoms with van der Waals surface area (Å²) in [6, 6.07) is 5.26. The molecule has 3 atom stereocenters. The van der Waals surface area contributed by atoms with E-state index in [9.17, 15) is 18.3 Å². The molecule has 0 radical (unpaired) electrons. The molecule has 0 spiro atoms. The van der Waals surface area contributed by atoms with Gasteiger partial charge in [0, 0.05) is 44.9 Å². The van der Waals surface area contributed by atoms with E-state index in [2.05, 4.69) is 5.16 Å². The average molecular weight is 509 g/mol. The van der Waals surface area contributed by atoms with E-state index in [4.69, 9.17) is 9.26 Å². The van der Waals surface area contributed by atoms with Crippen LogP contribution >= 0.6 is 0 Å². The summed E-state index contributed by atoms with van der Waals surface area (Å²) < 4.78 is 39.4. The molecule has 0 saturated carbocycles. The number of hydrogen-bond acceptors (Lipinski definition) is 8. The van der Waals surface area contributed by atoms with Crippen molar-refractivity contribution >= 4 is 21.6 Å². The number of sulfonamides is 1. The molecule has 1 aromatic carbocycles. The summed E-state index contributed by atoms with van der Waals surface area (Å²) in [5.41, 5.74) is 1.93. The predicted molar refractivity (Wildman–Crippen MR) is 132 cm³/mol. The van der Waals surface area contributed by atoms with Crippen LogP contribution < -0.4 is 9.64 Å².